The van der Waals surface area contributed by atoms with Crippen molar-refractivity contribution in [2.75, 3.05) is 0 Å². The number of nitriles is 1. The van der Waals surface area contributed by atoms with Crippen LogP contribution in [0.5, 0.6) is 0 Å². The van der Waals surface area contributed by atoms with Gasteiger partial charge in [0.05, 0.1) is 6.10 Å². The maximum absolute atomic E-state index is 8.78. The van der Waals surface area contributed by atoms with E-state index in [1.54, 1.807) is 0 Å². The molecule has 0 heterocycles. The van der Waals surface area contributed by atoms with Crippen LogP contribution in [-0.4, -0.2) is 6.10 Å². The fourth-order valence-corrected chi connectivity index (χ4v) is 1.33. The SMILES string of the molecule is CC(C)O/C(C#N)=C/C1CC1(C)C. The van der Waals surface area contributed by atoms with Gasteiger partial charge in [0, 0.05) is 0 Å². The van der Waals surface area contributed by atoms with Gasteiger partial charge in [-0.25, -0.2) is 0 Å². The minimum absolute atomic E-state index is 0.0905. The number of rotatable bonds is 3. The van der Waals surface area contributed by atoms with Gasteiger partial charge in [0.1, 0.15) is 6.07 Å². The molecule has 0 aromatic rings. The van der Waals surface area contributed by atoms with Gasteiger partial charge >= 0.3 is 0 Å². The summed E-state index contributed by atoms with van der Waals surface area (Å²) in [6, 6.07) is 2.08. The van der Waals surface area contributed by atoms with Gasteiger partial charge in [-0.1, -0.05) is 13.8 Å². The lowest BCUT2D eigenvalue weighted by Crippen LogP contribution is -2.01. The van der Waals surface area contributed by atoms with Gasteiger partial charge in [-0.2, -0.15) is 5.26 Å². The molecule has 1 saturated carbocycles. The Balaban J connectivity index is 2.54. The molecule has 72 valence electrons. The molecule has 1 unspecified atom stereocenters. The molecule has 0 bridgehead atoms. The normalized spacial score (nSPS) is 25.5. The van der Waals surface area contributed by atoms with Crippen LogP contribution in [0.1, 0.15) is 34.1 Å². The van der Waals surface area contributed by atoms with E-state index in [9.17, 15) is 0 Å². The van der Waals surface area contributed by atoms with Gasteiger partial charge in [-0.15, -0.1) is 0 Å². The molecule has 0 saturated heterocycles. The summed E-state index contributed by atoms with van der Waals surface area (Å²) in [4.78, 5) is 0. The molecule has 13 heavy (non-hydrogen) atoms. The van der Waals surface area contributed by atoms with Crippen molar-refractivity contribution in [2.45, 2.75) is 40.2 Å². The summed E-state index contributed by atoms with van der Waals surface area (Å²) >= 11 is 0. The quantitative estimate of drug-likeness (QED) is 0.493. The fraction of sp³-hybridized carbons (Fsp3) is 0.727. The first-order valence-corrected chi connectivity index (χ1v) is 4.74. The Morgan fingerprint density at radius 1 is 1.62 bits per heavy atom. The van der Waals surface area contributed by atoms with Gasteiger partial charge in [-0.3, -0.25) is 0 Å². The van der Waals surface area contributed by atoms with E-state index in [-0.39, 0.29) is 6.10 Å². The molecule has 1 atom stereocenters. The van der Waals surface area contributed by atoms with Crippen LogP contribution in [0, 0.1) is 22.7 Å². The lowest BCUT2D eigenvalue weighted by atomic mass is 10.1. The highest BCUT2D eigenvalue weighted by atomic mass is 16.5. The van der Waals surface area contributed by atoms with Crippen LogP contribution in [0.25, 0.3) is 0 Å². The Morgan fingerprint density at radius 2 is 2.15 bits per heavy atom. The van der Waals surface area contributed by atoms with Crippen molar-refractivity contribution in [3.63, 3.8) is 0 Å². The number of nitrogens with zero attached hydrogens (tertiary/aromatic N) is 1. The van der Waals surface area contributed by atoms with Crippen molar-refractivity contribution in [3.05, 3.63) is 11.8 Å². The third kappa shape index (κ3) is 2.77. The first kappa shape index (κ1) is 10.1. The maximum atomic E-state index is 8.78. The van der Waals surface area contributed by atoms with E-state index in [4.69, 9.17) is 10.00 Å². The third-order valence-corrected chi connectivity index (χ3v) is 2.42. The Labute approximate surface area is 80.2 Å². The monoisotopic (exact) mass is 179 g/mol. The van der Waals surface area contributed by atoms with Gasteiger partial charge in [0.2, 0.25) is 0 Å². The van der Waals surface area contributed by atoms with Crippen LogP contribution < -0.4 is 0 Å². The van der Waals surface area contributed by atoms with E-state index >= 15 is 0 Å². The van der Waals surface area contributed by atoms with Crippen LogP contribution in [0.15, 0.2) is 11.8 Å². The Hall–Kier alpha value is -0.970. The average molecular weight is 179 g/mol. The van der Waals surface area contributed by atoms with Crippen molar-refractivity contribution in [1.29, 1.82) is 5.26 Å². The highest BCUT2D eigenvalue weighted by molar-refractivity contribution is 5.20. The van der Waals surface area contributed by atoms with E-state index in [0.717, 1.165) is 0 Å². The standard InChI is InChI=1S/C11H17NO/c1-8(2)13-10(7-12)5-9-6-11(9,3)4/h5,8-9H,6H2,1-4H3/b10-5+. The number of hydrogen-bond donors (Lipinski definition) is 0. The molecule has 1 rings (SSSR count). The zero-order valence-electron chi connectivity index (χ0n) is 8.79. The van der Waals surface area contributed by atoms with Gasteiger partial charge in [0.25, 0.3) is 0 Å². The maximum Gasteiger partial charge on any atom is 0.193 e. The third-order valence-electron chi connectivity index (χ3n) is 2.42. The molecule has 1 aliphatic carbocycles. The summed E-state index contributed by atoms with van der Waals surface area (Å²) in [7, 11) is 0. The average Bonchev–Trinajstić information content (AvgIpc) is 2.56. The Morgan fingerprint density at radius 3 is 2.46 bits per heavy atom. The topological polar surface area (TPSA) is 33.0 Å². The van der Waals surface area contributed by atoms with Crippen molar-refractivity contribution < 1.29 is 4.74 Å². The van der Waals surface area contributed by atoms with Crippen molar-refractivity contribution >= 4 is 0 Å². The van der Waals surface area contributed by atoms with Crippen molar-refractivity contribution in [1.82, 2.24) is 0 Å². The lowest BCUT2D eigenvalue weighted by molar-refractivity contribution is 0.158. The van der Waals surface area contributed by atoms with Crippen LogP contribution in [0.2, 0.25) is 0 Å². The van der Waals surface area contributed by atoms with Gasteiger partial charge in [-0.05, 0) is 37.7 Å². The summed E-state index contributed by atoms with van der Waals surface area (Å²) in [5.41, 5.74) is 0.377. The largest absolute Gasteiger partial charge is 0.481 e. The zero-order chi connectivity index (χ0) is 10.1. The second-order valence-electron chi connectivity index (χ2n) is 4.61. The number of hydrogen-bond acceptors (Lipinski definition) is 2. The molecule has 0 spiro atoms. The molecule has 0 aromatic heterocycles. The second kappa shape index (κ2) is 3.41. The molecule has 0 aliphatic heterocycles. The molecule has 2 nitrogen and oxygen atoms in total. The first-order valence-electron chi connectivity index (χ1n) is 4.74. The molecule has 0 radical (unpaired) electrons. The van der Waals surface area contributed by atoms with Gasteiger partial charge in [0.15, 0.2) is 5.76 Å². The predicted molar refractivity (Wildman–Crippen MR) is 51.8 cm³/mol. The van der Waals surface area contributed by atoms with E-state index < -0.39 is 0 Å². The minimum atomic E-state index is 0.0905. The zero-order valence-corrected chi connectivity index (χ0v) is 8.79. The lowest BCUT2D eigenvalue weighted by Gasteiger charge is -2.07. The van der Waals surface area contributed by atoms with E-state index in [1.807, 2.05) is 19.9 Å². The van der Waals surface area contributed by atoms with Gasteiger partial charge < -0.3 is 4.74 Å². The molecular weight excluding hydrogens is 162 g/mol. The van der Waals surface area contributed by atoms with Crippen molar-refractivity contribution in [3.8, 4) is 6.07 Å². The minimum Gasteiger partial charge on any atom is -0.481 e. The van der Waals surface area contributed by atoms with E-state index in [0.29, 0.717) is 17.1 Å². The molecule has 0 aromatic carbocycles. The van der Waals surface area contributed by atoms with Crippen LogP contribution in [0.3, 0.4) is 0 Å². The molecule has 1 aliphatic rings. The molecule has 0 amide bonds. The Kier molecular flexibility index (Phi) is 2.66. The van der Waals surface area contributed by atoms with Crippen molar-refractivity contribution in [2.24, 2.45) is 11.3 Å². The summed E-state index contributed by atoms with van der Waals surface area (Å²) in [6.45, 7) is 8.28. The van der Waals surface area contributed by atoms with E-state index in [2.05, 4.69) is 19.9 Å². The van der Waals surface area contributed by atoms with E-state index in [1.165, 1.54) is 6.42 Å². The highest BCUT2D eigenvalue weighted by Gasteiger charge is 2.44. The summed E-state index contributed by atoms with van der Waals surface area (Å²) < 4.78 is 5.34. The van der Waals surface area contributed by atoms with Crippen LogP contribution >= 0.6 is 0 Å². The fourth-order valence-electron chi connectivity index (χ4n) is 1.33. The molecule has 1 fully saturated rings. The number of ether oxygens (including phenoxy) is 1. The summed E-state index contributed by atoms with van der Waals surface area (Å²) in [5, 5.41) is 8.78. The highest BCUT2D eigenvalue weighted by Crippen LogP contribution is 2.52. The smallest absolute Gasteiger partial charge is 0.193 e. The summed E-state index contributed by atoms with van der Waals surface area (Å²) in [6.07, 6.45) is 3.22. The summed E-state index contributed by atoms with van der Waals surface area (Å²) in [5.74, 6) is 1.01. The predicted octanol–water partition coefficient (Wildman–Crippen LogP) is 2.86. The van der Waals surface area contributed by atoms with Crippen LogP contribution in [0.4, 0.5) is 0 Å². The number of allylic oxidation sites excluding steroid dienone is 2. The molecular formula is C11H17NO. The Bertz CT molecular complexity index is 258. The molecule has 0 N–H and O–H groups in total. The molecule has 2 heteroatoms. The second-order valence-corrected chi connectivity index (χ2v) is 4.61. The van der Waals surface area contributed by atoms with Crippen LogP contribution in [-0.2, 0) is 4.74 Å². The first-order chi connectivity index (χ1) is 5.95.